The number of nitrogens with one attached hydrogen (secondary N) is 1. The molecule has 5 nitrogen and oxygen atoms in total. The van der Waals surface area contributed by atoms with Crippen LogP contribution in [0.2, 0.25) is 0 Å². The fourth-order valence-corrected chi connectivity index (χ4v) is 3.14. The second kappa shape index (κ2) is 6.12. The number of para-hydroxylation sites is 1. The molecule has 6 heteroatoms. The number of carbonyl (C=O) groups is 1. The molecule has 0 unspecified atom stereocenters. The van der Waals surface area contributed by atoms with Crippen molar-refractivity contribution in [2.45, 2.75) is 24.9 Å². The summed E-state index contributed by atoms with van der Waals surface area (Å²) in [6.45, 7) is 0.0349. The Balaban J connectivity index is 1.46. The summed E-state index contributed by atoms with van der Waals surface area (Å²) in [6.07, 6.45) is 2.02. The Morgan fingerprint density at radius 2 is 2.08 bits per heavy atom. The van der Waals surface area contributed by atoms with Crippen LogP contribution in [0.5, 0.6) is 0 Å². The molecular formula is C19H16FN3O2. The summed E-state index contributed by atoms with van der Waals surface area (Å²) < 4.78 is 14.8. The smallest absolute Gasteiger partial charge is 0.241 e. The fourth-order valence-electron chi connectivity index (χ4n) is 3.14. The van der Waals surface area contributed by atoms with Gasteiger partial charge in [0.25, 0.3) is 0 Å². The third-order valence-electron chi connectivity index (χ3n) is 4.47. The van der Waals surface area contributed by atoms with Crippen LogP contribution in [0.25, 0.3) is 10.9 Å². The molecular weight excluding hydrogens is 321 g/mol. The van der Waals surface area contributed by atoms with Gasteiger partial charge in [-0.15, -0.1) is 0 Å². The first-order chi connectivity index (χ1) is 12.1. The number of hydrogen-bond acceptors (Lipinski definition) is 3. The van der Waals surface area contributed by atoms with Crippen LogP contribution in [0.15, 0.2) is 59.5 Å². The maximum atomic E-state index is 13.3. The maximum Gasteiger partial charge on any atom is 0.241 e. The maximum absolute atomic E-state index is 13.3. The number of amides is 1. The molecule has 2 aromatic carbocycles. The van der Waals surface area contributed by atoms with Crippen molar-refractivity contribution in [2.24, 2.45) is 0 Å². The molecule has 1 fully saturated rings. The molecule has 1 amide bonds. The van der Waals surface area contributed by atoms with Crippen molar-refractivity contribution >= 4 is 16.8 Å². The SMILES string of the molecule is O=C(Cn1ncc(=O)c2ccccc21)N[C@@H]1C[C@@H]1c1cccc(F)c1. The molecule has 0 bridgehead atoms. The quantitative estimate of drug-likeness (QED) is 0.794. The average Bonchev–Trinajstić information content (AvgIpc) is 3.37. The molecule has 1 saturated carbocycles. The number of aromatic nitrogens is 2. The molecule has 1 N–H and O–H groups in total. The summed E-state index contributed by atoms with van der Waals surface area (Å²) in [6, 6.07) is 13.5. The van der Waals surface area contributed by atoms with Crippen LogP contribution < -0.4 is 10.7 Å². The van der Waals surface area contributed by atoms with E-state index in [1.165, 1.54) is 23.0 Å². The van der Waals surface area contributed by atoms with Gasteiger partial charge in [0, 0.05) is 17.3 Å². The first-order valence-corrected chi connectivity index (χ1v) is 8.11. The van der Waals surface area contributed by atoms with Crippen LogP contribution in [0.4, 0.5) is 4.39 Å². The van der Waals surface area contributed by atoms with Gasteiger partial charge in [0.05, 0.1) is 11.7 Å². The minimum atomic E-state index is -0.265. The van der Waals surface area contributed by atoms with Crippen molar-refractivity contribution in [3.63, 3.8) is 0 Å². The van der Waals surface area contributed by atoms with Crippen molar-refractivity contribution in [1.29, 1.82) is 0 Å². The summed E-state index contributed by atoms with van der Waals surface area (Å²) in [5.74, 6) is -0.290. The van der Waals surface area contributed by atoms with Gasteiger partial charge in [0.15, 0.2) is 0 Å². The van der Waals surface area contributed by atoms with Crippen molar-refractivity contribution < 1.29 is 9.18 Å². The zero-order valence-corrected chi connectivity index (χ0v) is 13.4. The molecule has 3 aromatic rings. The lowest BCUT2D eigenvalue weighted by Gasteiger charge is -2.10. The lowest BCUT2D eigenvalue weighted by atomic mass is 10.1. The first-order valence-electron chi connectivity index (χ1n) is 8.11. The second-order valence-corrected chi connectivity index (χ2v) is 6.25. The van der Waals surface area contributed by atoms with Crippen molar-refractivity contribution in [3.8, 4) is 0 Å². The zero-order chi connectivity index (χ0) is 17.4. The van der Waals surface area contributed by atoms with E-state index in [0.29, 0.717) is 10.9 Å². The van der Waals surface area contributed by atoms with Crippen molar-refractivity contribution in [2.75, 3.05) is 0 Å². The van der Waals surface area contributed by atoms with E-state index in [4.69, 9.17) is 0 Å². The van der Waals surface area contributed by atoms with E-state index in [2.05, 4.69) is 10.4 Å². The van der Waals surface area contributed by atoms with Crippen LogP contribution in [-0.4, -0.2) is 21.7 Å². The highest BCUT2D eigenvalue weighted by atomic mass is 19.1. The summed E-state index contributed by atoms with van der Waals surface area (Å²) in [7, 11) is 0. The molecule has 25 heavy (non-hydrogen) atoms. The standard InChI is InChI=1S/C19H16FN3O2/c20-13-5-3-4-12(8-13)15-9-16(15)22-19(25)11-23-17-7-2-1-6-14(17)18(24)10-21-23/h1-8,10,15-16H,9,11H2,(H,22,25)/t15-,16-/m1/s1. The lowest BCUT2D eigenvalue weighted by molar-refractivity contribution is -0.121. The van der Waals surface area contributed by atoms with Crippen LogP contribution in [0.3, 0.4) is 0 Å². The minimum Gasteiger partial charge on any atom is -0.351 e. The molecule has 0 radical (unpaired) electrons. The minimum absolute atomic E-state index is 0.0138. The van der Waals surface area contributed by atoms with E-state index in [0.717, 1.165) is 12.0 Å². The summed E-state index contributed by atoms with van der Waals surface area (Å²) >= 11 is 0. The Kier molecular flexibility index (Phi) is 3.80. The van der Waals surface area contributed by atoms with E-state index in [1.807, 2.05) is 6.07 Å². The van der Waals surface area contributed by atoms with Gasteiger partial charge in [-0.2, -0.15) is 5.10 Å². The lowest BCUT2D eigenvalue weighted by Crippen LogP contribution is -2.31. The van der Waals surface area contributed by atoms with Gasteiger partial charge >= 0.3 is 0 Å². The van der Waals surface area contributed by atoms with Crippen molar-refractivity contribution in [3.05, 3.63) is 76.3 Å². The summed E-state index contributed by atoms with van der Waals surface area (Å²) in [5.41, 5.74) is 1.36. The van der Waals surface area contributed by atoms with Gasteiger partial charge in [-0.25, -0.2) is 4.39 Å². The van der Waals surface area contributed by atoms with Gasteiger partial charge in [-0.3, -0.25) is 14.3 Å². The van der Waals surface area contributed by atoms with Crippen LogP contribution in [0, 0.1) is 5.82 Å². The summed E-state index contributed by atoms with van der Waals surface area (Å²) in [4.78, 5) is 24.1. The summed E-state index contributed by atoms with van der Waals surface area (Å²) in [5, 5.41) is 7.54. The zero-order valence-electron chi connectivity index (χ0n) is 13.4. The van der Waals surface area contributed by atoms with Crippen LogP contribution in [0.1, 0.15) is 17.9 Å². The van der Waals surface area contributed by atoms with Crippen LogP contribution >= 0.6 is 0 Å². The Morgan fingerprint density at radius 3 is 2.92 bits per heavy atom. The van der Waals surface area contributed by atoms with E-state index in [9.17, 15) is 14.0 Å². The largest absolute Gasteiger partial charge is 0.351 e. The number of hydrogen-bond donors (Lipinski definition) is 1. The van der Waals surface area contributed by atoms with E-state index in [1.54, 1.807) is 30.3 Å². The third-order valence-corrected chi connectivity index (χ3v) is 4.47. The fraction of sp³-hybridized carbons (Fsp3) is 0.211. The van der Waals surface area contributed by atoms with Gasteiger partial charge in [0.1, 0.15) is 12.4 Å². The van der Waals surface area contributed by atoms with E-state index < -0.39 is 0 Å². The molecule has 1 aromatic heterocycles. The molecule has 0 saturated heterocycles. The monoisotopic (exact) mass is 337 g/mol. The Morgan fingerprint density at radius 1 is 1.24 bits per heavy atom. The molecule has 1 heterocycles. The Labute approximate surface area is 143 Å². The van der Waals surface area contributed by atoms with E-state index in [-0.39, 0.29) is 35.7 Å². The molecule has 2 atom stereocenters. The normalized spacial score (nSPS) is 18.9. The van der Waals surface area contributed by atoms with Gasteiger partial charge < -0.3 is 5.32 Å². The van der Waals surface area contributed by atoms with Crippen LogP contribution in [-0.2, 0) is 11.3 Å². The Bertz CT molecular complexity index is 1010. The highest BCUT2D eigenvalue weighted by Gasteiger charge is 2.39. The number of fused-ring (bicyclic) bond motifs is 1. The number of carbonyl (C=O) groups excluding carboxylic acids is 1. The van der Waals surface area contributed by atoms with Gasteiger partial charge in [-0.05, 0) is 36.2 Å². The first kappa shape index (κ1) is 15.5. The predicted molar refractivity (Wildman–Crippen MR) is 91.7 cm³/mol. The van der Waals surface area contributed by atoms with E-state index >= 15 is 0 Å². The van der Waals surface area contributed by atoms with Gasteiger partial charge in [-0.1, -0.05) is 24.3 Å². The number of nitrogens with zero attached hydrogens (tertiary/aromatic N) is 2. The number of rotatable bonds is 4. The topological polar surface area (TPSA) is 64.0 Å². The molecule has 0 aliphatic heterocycles. The molecule has 126 valence electrons. The molecule has 1 aliphatic rings. The molecule has 1 aliphatic carbocycles. The highest BCUT2D eigenvalue weighted by Crippen LogP contribution is 2.40. The second-order valence-electron chi connectivity index (χ2n) is 6.25. The predicted octanol–water partition coefficient (Wildman–Crippen LogP) is 2.21. The molecule has 0 spiro atoms. The van der Waals surface area contributed by atoms with Gasteiger partial charge in [0.2, 0.25) is 11.3 Å². The number of halogens is 1. The Hall–Kier alpha value is -3.02. The van der Waals surface area contributed by atoms with Crippen molar-refractivity contribution in [1.82, 2.24) is 15.1 Å². The highest BCUT2D eigenvalue weighted by molar-refractivity contribution is 5.81. The third kappa shape index (κ3) is 3.15. The number of benzene rings is 2. The average molecular weight is 337 g/mol. The molecule has 4 rings (SSSR count).